The highest BCUT2D eigenvalue weighted by Crippen LogP contribution is 2.43. The molecule has 1 aromatic carbocycles. The van der Waals surface area contributed by atoms with E-state index in [1.54, 1.807) is 7.05 Å². The molecular weight excluding hydrogens is 489 g/mol. The van der Waals surface area contributed by atoms with Crippen molar-refractivity contribution in [1.29, 1.82) is 0 Å². The van der Waals surface area contributed by atoms with Crippen LogP contribution in [-0.4, -0.2) is 44.1 Å². The van der Waals surface area contributed by atoms with Crippen molar-refractivity contribution in [3.63, 3.8) is 0 Å². The van der Waals surface area contributed by atoms with Crippen LogP contribution < -0.4 is 10.1 Å². The van der Waals surface area contributed by atoms with E-state index in [0.717, 1.165) is 38.0 Å². The Morgan fingerprint density at radius 1 is 0.919 bits per heavy atom. The third kappa shape index (κ3) is 19.5. The Kier molecular flexibility index (Phi) is 19.8. The molecule has 0 aromatic heterocycles. The second-order valence-corrected chi connectivity index (χ2v) is 11.5. The lowest BCUT2D eigenvalue weighted by atomic mass is 9.96. The normalized spacial score (nSPS) is 13.8. The summed E-state index contributed by atoms with van der Waals surface area (Å²) in [5, 5.41) is 2.84. The molecule has 214 valence electrons. The highest BCUT2D eigenvalue weighted by molar-refractivity contribution is 7.47. The lowest BCUT2D eigenvalue weighted by Gasteiger charge is -2.18. The molecule has 0 aliphatic rings. The van der Waals surface area contributed by atoms with Crippen molar-refractivity contribution in [3.05, 3.63) is 29.8 Å². The van der Waals surface area contributed by atoms with Gasteiger partial charge >= 0.3 is 7.82 Å². The Balaban J connectivity index is 2.23. The highest BCUT2D eigenvalue weighted by Gasteiger charge is 2.23. The Bertz CT molecular complexity index is 742. The molecule has 8 heteroatoms. The number of phosphoric acid groups is 1. The van der Waals surface area contributed by atoms with Crippen LogP contribution in [0.3, 0.4) is 0 Å². The van der Waals surface area contributed by atoms with E-state index < -0.39 is 7.82 Å². The van der Waals surface area contributed by atoms with Crippen LogP contribution in [0.2, 0.25) is 0 Å². The number of rotatable bonds is 25. The molecule has 0 saturated heterocycles. The van der Waals surface area contributed by atoms with Crippen molar-refractivity contribution in [2.75, 3.05) is 33.4 Å². The maximum absolute atomic E-state index is 12.0. The summed E-state index contributed by atoms with van der Waals surface area (Å²) >= 11 is 0. The Morgan fingerprint density at radius 3 is 2.14 bits per heavy atom. The summed E-state index contributed by atoms with van der Waals surface area (Å²) in [6.07, 6.45) is 15.9. The van der Waals surface area contributed by atoms with Gasteiger partial charge < -0.3 is 19.7 Å². The number of carbonyl (C=O) groups is 1. The summed E-state index contributed by atoms with van der Waals surface area (Å²) in [4.78, 5) is 21.4. The fourth-order valence-corrected chi connectivity index (χ4v) is 5.07. The van der Waals surface area contributed by atoms with Gasteiger partial charge in [0.05, 0.1) is 19.8 Å². The van der Waals surface area contributed by atoms with Crippen LogP contribution in [0.15, 0.2) is 24.3 Å². The van der Waals surface area contributed by atoms with Gasteiger partial charge in [0.25, 0.3) is 0 Å². The Labute approximate surface area is 225 Å². The van der Waals surface area contributed by atoms with E-state index in [2.05, 4.69) is 24.4 Å². The van der Waals surface area contributed by atoms with Crippen LogP contribution in [0, 0.1) is 5.92 Å². The molecule has 0 fully saturated rings. The molecule has 0 spiro atoms. The van der Waals surface area contributed by atoms with Crippen LogP contribution in [0.4, 0.5) is 0 Å². The molecule has 0 heterocycles. The largest absolute Gasteiger partial charge is 0.494 e. The van der Waals surface area contributed by atoms with Gasteiger partial charge in [-0.15, -0.1) is 0 Å². The smallest absolute Gasteiger partial charge is 0.472 e. The van der Waals surface area contributed by atoms with Crippen molar-refractivity contribution in [3.8, 4) is 5.75 Å². The molecule has 7 nitrogen and oxygen atoms in total. The first-order valence-electron chi connectivity index (χ1n) is 14.3. The SMILES string of the molecule is CCCCCCCCCCCCOc1ccc(CCCC(COP(=O)(O)OCCNC)CC(C)=O)cc1. The van der Waals surface area contributed by atoms with E-state index in [9.17, 15) is 14.3 Å². The monoisotopic (exact) mass is 541 g/mol. The van der Waals surface area contributed by atoms with Gasteiger partial charge in [-0.25, -0.2) is 4.57 Å². The van der Waals surface area contributed by atoms with Gasteiger partial charge in [0.1, 0.15) is 11.5 Å². The fourth-order valence-electron chi connectivity index (χ4n) is 4.28. The van der Waals surface area contributed by atoms with Crippen LogP contribution >= 0.6 is 7.82 Å². The van der Waals surface area contributed by atoms with E-state index in [1.807, 2.05) is 12.1 Å². The van der Waals surface area contributed by atoms with Crippen molar-refractivity contribution >= 4 is 13.6 Å². The number of nitrogens with one attached hydrogen (secondary N) is 1. The predicted octanol–water partition coefficient (Wildman–Crippen LogP) is 7.26. The number of benzene rings is 1. The molecule has 2 atom stereocenters. The standard InChI is InChI=1S/C29H52NO6P/c1-4-5-6-7-8-9-10-11-12-13-22-34-29-19-17-27(18-20-29)15-14-16-28(24-26(2)31)25-36-37(32,33)35-23-21-30-3/h17-20,28,30H,4-16,21-25H2,1-3H3,(H,32,33). The van der Waals surface area contributed by atoms with E-state index in [1.165, 1.54) is 70.3 Å². The fraction of sp³-hybridized carbons (Fsp3) is 0.759. The lowest BCUT2D eigenvalue weighted by molar-refractivity contribution is -0.118. The average molecular weight is 542 g/mol. The average Bonchev–Trinajstić information content (AvgIpc) is 2.86. The lowest BCUT2D eigenvalue weighted by Crippen LogP contribution is -2.16. The molecule has 0 saturated carbocycles. The second-order valence-electron chi connectivity index (χ2n) is 10.0. The van der Waals surface area contributed by atoms with E-state index >= 15 is 0 Å². The molecule has 0 bridgehead atoms. The molecule has 37 heavy (non-hydrogen) atoms. The number of aryl methyl sites for hydroxylation is 1. The van der Waals surface area contributed by atoms with E-state index in [4.69, 9.17) is 13.8 Å². The number of hydrogen-bond acceptors (Lipinski definition) is 6. The summed E-state index contributed by atoms with van der Waals surface area (Å²) < 4.78 is 27.9. The minimum atomic E-state index is -4.11. The molecule has 0 aliphatic carbocycles. The van der Waals surface area contributed by atoms with Crippen molar-refractivity contribution < 1.29 is 28.0 Å². The number of phosphoric ester groups is 1. The molecule has 2 N–H and O–H groups in total. The van der Waals surface area contributed by atoms with Crippen LogP contribution in [0.5, 0.6) is 5.75 Å². The summed E-state index contributed by atoms with van der Waals surface area (Å²) in [5.74, 6) is 0.829. The second kappa shape index (κ2) is 21.7. The zero-order chi connectivity index (χ0) is 27.2. The zero-order valence-electron chi connectivity index (χ0n) is 23.6. The number of ether oxygens (including phenoxy) is 1. The number of unbranched alkanes of at least 4 members (excludes halogenated alkanes) is 9. The predicted molar refractivity (Wildman–Crippen MR) is 151 cm³/mol. The Hall–Kier alpha value is -1.24. The number of carbonyl (C=O) groups excluding carboxylic acids is 1. The van der Waals surface area contributed by atoms with Crippen molar-refractivity contribution in [2.45, 2.75) is 104 Å². The molecule has 2 unspecified atom stereocenters. The quantitative estimate of drug-likeness (QED) is 0.0994. The van der Waals surface area contributed by atoms with Gasteiger partial charge in [-0.05, 0) is 63.3 Å². The van der Waals surface area contributed by atoms with Gasteiger partial charge in [-0.3, -0.25) is 9.05 Å². The molecule has 1 aromatic rings. The van der Waals surface area contributed by atoms with Crippen LogP contribution in [0.1, 0.15) is 103 Å². The third-order valence-corrected chi connectivity index (χ3v) is 7.41. The number of likely N-dealkylation sites (N-methyl/N-ethyl adjacent to an activating group) is 1. The molecule has 1 rings (SSSR count). The molecule has 0 radical (unpaired) electrons. The van der Waals surface area contributed by atoms with Crippen molar-refractivity contribution in [2.24, 2.45) is 5.92 Å². The molecular formula is C29H52NO6P. The van der Waals surface area contributed by atoms with Crippen molar-refractivity contribution in [1.82, 2.24) is 5.32 Å². The first-order valence-corrected chi connectivity index (χ1v) is 15.8. The van der Waals surface area contributed by atoms with E-state index in [0.29, 0.717) is 13.0 Å². The summed E-state index contributed by atoms with van der Waals surface area (Å²) in [6, 6.07) is 8.21. The summed E-state index contributed by atoms with van der Waals surface area (Å²) in [7, 11) is -2.37. The number of hydrogen-bond donors (Lipinski definition) is 2. The molecule has 0 aliphatic heterocycles. The van der Waals surface area contributed by atoms with Gasteiger partial charge in [-0.1, -0.05) is 76.8 Å². The van der Waals surface area contributed by atoms with Crippen LogP contribution in [-0.2, 0) is 24.8 Å². The number of Topliss-reactive ketones (excluding diaryl/α,β-unsaturated/α-hetero) is 1. The topological polar surface area (TPSA) is 94.1 Å². The summed E-state index contributed by atoms with van der Waals surface area (Å²) in [5.41, 5.74) is 1.21. The zero-order valence-corrected chi connectivity index (χ0v) is 24.4. The van der Waals surface area contributed by atoms with E-state index in [-0.39, 0.29) is 24.9 Å². The maximum Gasteiger partial charge on any atom is 0.472 e. The van der Waals surface area contributed by atoms with Gasteiger partial charge in [-0.2, -0.15) is 0 Å². The third-order valence-electron chi connectivity index (χ3n) is 6.42. The minimum Gasteiger partial charge on any atom is -0.494 e. The molecule has 0 amide bonds. The van der Waals surface area contributed by atoms with Gasteiger partial charge in [0, 0.05) is 13.0 Å². The highest BCUT2D eigenvalue weighted by atomic mass is 31.2. The Morgan fingerprint density at radius 2 is 1.54 bits per heavy atom. The van der Waals surface area contributed by atoms with Gasteiger partial charge in [0.2, 0.25) is 0 Å². The maximum atomic E-state index is 12.0. The summed E-state index contributed by atoms with van der Waals surface area (Å²) in [6.45, 7) is 5.11. The minimum absolute atomic E-state index is 0.0264. The van der Waals surface area contributed by atoms with Crippen LogP contribution in [0.25, 0.3) is 0 Å². The first-order chi connectivity index (χ1) is 17.9. The van der Waals surface area contributed by atoms with Gasteiger partial charge in [0.15, 0.2) is 0 Å². The number of ketones is 1. The first kappa shape index (κ1) is 33.8.